The molecule has 0 unspecified atom stereocenters. The Morgan fingerprint density at radius 1 is 1.44 bits per heavy atom. The fourth-order valence-corrected chi connectivity index (χ4v) is 2.43. The quantitative estimate of drug-likeness (QED) is 0.905. The van der Waals surface area contributed by atoms with Crippen LogP contribution in [0.1, 0.15) is 12.6 Å². The third kappa shape index (κ3) is 2.86. The maximum Gasteiger partial charge on any atom is 0.165 e. The van der Waals surface area contributed by atoms with Gasteiger partial charge in [-0.3, -0.25) is 0 Å². The predicted octanol–water partition coefficient (Wildman–Crippen LogP) is 2.88. The largest absolute Gasteiger partial charge is 0.491 e. The molecule has 0 amide bonds. The number of aromatic nitrogens is 1. The Labute approximate surface area is 109 Å². The average Bonchev–Trinajstić information content (AvgIpc) is 2.81. The molecule has 0 radical (unpaired) electrons. The van der Waals surface area contributed by atoms with Crippen molar-refractivity contribution in [3.8, 4) is 16.3 Å². The van der Waals surface area contributed by atoms with Gasteiger partial charge in [-0.05, 0) is 25.1 Å². The number of nitrogens with zero attached hydrogens (tertiary/aromatic N) is 1. The zero-order chi connectivity index (χ0) is 13.0. The lowest BCUT2D eigenvalue weighted by Gasteiger charge is -2.05. The molecule has 1 heterocycles. The van der Waals surface area contributed by atoms with Crippen molar-refractivity contribution in [2.45, 2.75) is 13.3 Å². The van der Waals surface area contributed by atoms with Gasteiger partial charge in [-0.1, -0.05) is 0 Å². The van der Waals surface area contributed by atoms with Crippen LogP contribution in [0.15, 0.2) is 23.6 Å². The number of hydrogen-bond acceptors (Lipinski definition) is 4. The van der Waals surface area contributed by atoms with Crippen molar-refractivity contribution >= 4 is 11.3 Å². The van der Waals surface area contributed by atoms with Gasteiger partial charge in [0.25, 0.3) is 0 Å². The van der Waals surface area contributed by atoms with Gasteiger partial charge in [0.05, 0.1) is 12.3 Å². The van der Waals surface area contributed by atoms with Crippen LogP contribution in [-0.2, 0) is 6.42 Å². The molecule has 0 fully saturated rings. The summed E-state index contributed by atoms with van der Waals surface area (Å²) in [6, 6.07) is 4.82. The lowest BCUT2D eigenvalue weighted by molar-refractivity contribution is 0.298. The molecular weight excluding hydrogens is 253 g/mol. The summed E-state index contributed by atoms with van der Waals surface area (Å²) in [6.45, 7) is 2.32. The molecule has 0 aliphatic heterocycles. The fourth-order valence-electron chi connectivity index (χ4n) is 1.58. The molecule has 0 bridgehead atoms. The molecule has 2 rings (SSSR count). The Bertz CT molecular complexity index is 527. The van der Waals surface area contributed by atoms with Crippen LogP contribution in [0.5, 0.6) is 5.75 Å². The van der Waals surface area contributed by atoms with E-state index in [1.807, 2.05) is 12.3 Å². The Hall–Kier alpha value is -1.46. The van der Waals surface area contributed by atoms with Crippen LogP contribution in [0.4, 0.5) is 4.39 Å². The highest BCUT2D eigenvalue weighted by Crippen LogP contribution is 2.28. The molecule has 1 aromatic heterocycles. The molecule has 0 spiro atoms. The molecule has 1 N–H and O–H groups in total. The second kappa shape index (κ2) is 5.93. The fraction of sp³-hybridized carbons (Fsp3) is 0.308. The van der Waals surface area contributed by atoms with E-state index in [9.17, 15) is 4.39 Å². The normalized spacial score (nSPS) is 10.6. The van der Waals surface area contributed by atoms with Crippen LogP contribution in [0.2, 0.25) is 0 Å². The number of hydrogen-bond donors (Lipinski definition) is 1. The number of ether oxygens (including phenoxy) is 1. The molecular formula is C13H14FNO2S. The summed E-state index contributed by atoms with van der Waals surface area (Å²) in [6.07, 6.45) is 0.524. The molecule has 18 heavy (non-hydrogen) atoms. The van der Waals surface area contributed by atoms with Crippen molar-refractivity contribution < 1.29 is 14.2 Å². The highest BCUT2D eigenvalue weighted by atomic mass is 32.1. The maximum absolute atomic E-state index is 13.7. The predicted molar refractivity (Wildman–Crippen MR) is 69.5 cm³/mol. The molecule has 3 nitrogen and oxygen atoms in total. The first-order valence-electron chi connectivity index (χ1n) is 5.72. The maximum atomic E-state index is 13.7. The summed E-state index contributed by atoms with van der Waals surface area (Å²) in [5, 5.41) is 11.5. The van der Waals surface area contributed by atoms with E-state index in [1.54, 1.807) is 12.1 Å². The number of halogens is 1. The van der Waals surface area contributed by atoms with E-state index < -0.39 is 0 Å². The highest BCUT2D eigenvalue weighted by molar-refractivity contribution is 7.13. The number of benzene rings is 1. The van der Waals surface area contributed by atoms with Crippen LogP contribution in [0.3, 0.4) is 0 Å². The van der Waals surface area contributed by atoms with Gasteiger partial charge < -0.3 is 9.84 Å². The molecule has 5 heteroatoms. The van der Waals surface area contributed by atoms with Crippen molar-refractivity contribution in [1.29, 1.82) is 0 Å². The van der Waals surface area contributed by atoms with Crippen LogP contribution in [0, 0.1) is 5.82 Å². The first kappa shape index (κ1) is 13.0. The lowest BCUT2D eigenvalue weighted by Crippen LogP contribution is -1.94. The van der Waals surface area contributed by atoms with Gasteiger partial charge in [-0.2, -0.15) is 0 Å². The van der Waals surface area contributed by atoms with E-state index in [2.05, 4.69) is 4.98 Å². The average molecular weight is 267 g/mol. The first-order chi connectivity index (χ1) is 8.74. The SMILES string of the molecule is CCOc1ccc(-c2nc(CCO)cs2)cc1F. The standard InChI is InChI=1S/C13H14FNO2S/c1-2-17-12-4-3-9(7-11(12)14)13-15-10(5-6-16)8-18-13/h3-4,7-8,16H,2,5-6H2,1H3. The number of aliphatic hydroxyl groups is 1. The molecule has 0 saturated heterocycles. The van der Waals surface area contributed by atoms with Crippen molar-refractivity contribution in [2.24, 2.45) is 0 Å². The lowest BCUT2D eigenvalue weighted by atomic mass is 10.2. The number of thiazole rings is 1. The molecule has 96 valence electrons. The van der Waals surface area contributed by atoms with E-state index in [0.29, 0.717) is 13.0 Å². The molecule has 0 saturated carbocycles. The second-order valence-electron chi connectivity index (χ2n) is 3.70. The zero-order valence-corrected chi connectivity index (χ0v) is 10.8. The molecule has 0 aliphatic rings. The smallest absolute Gasteiger partial charge is 0.165 e. The van der Waals surface area contributed by atoms with Crippen LogP contribution in [0.25, 0.3) is 10.6 Å². The van der Waals surface area contributed by atoms with Gasteiger partial charge in [-0.15, -0.1) is 11.3 Å². The van der Waals surface area contributed by atoms with Crippen molar-refractivity contribution in [1.82, 2.24) is 4.98 Å². The number of rotatable bonds is 5. The van der Waals surface area contributed by atoms with E-state index in [1.165, 1.54) is 17.4 Å². The van der Waals surface area contributed by atoms with E-state index >= 15 is 0 Å². The van der Waals surface area contributed by atoms with E-state index in [4.69, 9.17) is 9.84 Å². The van der Waals surface area contributed by atoms with Crippen LogP contribution < -0.4 is 4.74 Å². The van der Waals surface area contributed by atoms with Gasteiger partial charge in [-0.25, -0.2) is 9.37 Å². The molecule has 0 aliphatic carbocycles. The minimum Gasteiger partial charge on any atom is -0.491 e. The Balaban J connectivity index is 2.24. The van der Waals surface area contributed by atoms with Gasteiger partial charge in [0.2, 0.25) is 0 Å². The summed E-state index contributed by atoms with van der Waals surface area (Å²) >= 11 is 1.44. The van der Waals surface area contributed by atoms with Crippen LogP contribution >= 0.6 is 11.3 Å². The Kier molecular flexibility index (Phi) is 4.28. The monoisotopic (exact) mass is 267 g/mol. The third-order valence-corrected chi connectivity index (χ3v) is 3.34. The summed E-state index contributed by atoms with van der Waals surface area (Å²) in [5.74, 6) is -0.123. The van der Waals surface area contributed by atoms with Gasteiger partial charge >= 0.3 is 0 Å². The highest BCUT2D eigenvalue weighted by Gasteiger charge is 2.09. The minimum absolute atomic E-state index is 0.0703. The first-order valence-corrected chi connectivity index (χ1v) is 6.60. The second-order valence-corrected chi connectivity index (χ2v) is 4.55. The Morgan fingerprint density at radius 2 is 2.28 bits per heavy atom. The molecule has 2 aromatic rings. The third-order valence-electron chi connectivity index (χ3n) is 2.40. The van der Waals surface area contributed by atoms with Gasteiger partial charge in [0, 0.05) is 24.0 Å². The summed E-state index contributed by atoms with van der Waals surface area (Å²) in [7, 11) is 0. The summed E-state index contributed by atoms with van der Waals surface area (Å²) in [4.78, 5) is 4.34. The van der Waals surface area contributed by atoms with Crippen molar-refractivity contribution in [3.05, 3.63) is 35.1 Å². The summed E-state index contributed by atoms with van der Waals surface area (Å²) < 4.78 is 18.8. The van der Waals surface area contributed by atoms with Crippen molar-refractivity contribution in [2.75, 3.05) is 13.2 Å². The Morgan fingerprint density at radius 3 is 2.94 bits per heavy atom. The molecule has 1 aromatic carbocycles. The van der Waals surface area contributed by atoms with Gasteiger partial charge in [0.1, 0.15) is 5.01 Å². The van der Waals surface area contributed by atoms with Crippen LogP contribution in [-0.4, -0.2) is 23.3 Å². The summed E-state index contributed by atoms with van der Waals surface area (Å²) in [5.41, 5.74) is 1.55. The van der Waals surface area contributed by atoms with E-state index in [0.717, 1.165) is 16.3 Å². The number of aliphatic hydroxyl groups excluding tert-OH is 1. The van der Waals surface area contributed by atoms with Gasteiger partial charge in [0.15, 0.2) is 11.6 Å². The topological polar surface area (TPSA) is 42.4 Å². The zero-order valence-electron chi connectivity index (χ0n) is 10.0. The minimum atomic E-state index is -0.381. The van der Waals surface area contributed by atoms with Crippen molar-refractivity contribution in [3.63, 3.8) is 0 Å². The van der Waals surface area contributed by atoms with E-state index in [-0.39, 0.29) is 18.2 Å². The molecule has 0 atom stereocenters.